The van der Waals surface area contributed by atoms with Crippen molar-refractivity contribution in [3.8, 4) is 5.75 Å². The molecule has 1 atom stereocenters. The van der Waals surface area contributed by atoms with E-state index in [0.29, 0.717) is 39.1 Å². The number of rotatable bonds is 3. The zero-order chi connectivity index (χ0) is 19.9. The van der Waals surface area contributed by atoms with E-state index in [1.165, 1.54) is 0 Å². The summed E-state index contributed by atoms with van der Waals surface area (Å²) >= 11 is 0. The molecule has 0 bridgehead atoms. The van der Waals surface area contributed by atoms with Crippen LogP contribution in [0, 0.1) is 5.41 Å². The van der Waals surface area contributed by atoms with Crippen molar-refractivity contribution in [3.63, 3.8) is 0 Å². The molecule has 0 saturated carbocycles. The summed E-state index contributed by atoms with van der Waals surface area (Å²) in [4.78, 5) is 26.5. The fourth-order valence-corrected chi connectivity index (χ4v) is 4.60. The van der Waals surface area contributed by atoms with E-state index in [1.807, 2.05) is 24.3 Å². The van der Waals surface area contributed by atoms with Gasteiger partial charge in [0.05, 0.1) is 20.3 Å². The van der Waals surface area contributed by atoms with Crippen LogP contribution < -0.4 is 4.74 Å². The Morgan fingerprint density at radius 3 is 2.39 bits per heavy atom. The lowest BCUT2D eigenvalue weighted by Crippen LogP contribution is -2.55. The summed E-state index contributed by atoms with van der Waals surface area (Å²) in [6.07, 6.45) is 1.56. The lowest BCUT2D eigenvalue weighted by Gasteiger charge is -2.47. The van der Waals surface area contributed by atoms with Gasteiger partial charge in [-0.25, -0.2) is 10.0 Å². The predicted octanol–water partition coefficient (Wildman–Crippen LogP) is 2.90. The lowest BCUT2D eigenvalue weighted by atomic mass is 9.69. The van der Waals surface area contributed by atoms with Crippen LogP contribution >= 0.6 is 0 Å². The molecule has 3 aliphatic rings. The molecule has 2 heterocycles. The van der Waals surface area contributed by atoms with E-state index in [2.05, 4.69) is 18.9 Å². The van der Waals surface area contributed by atoms with Gasteiger partial charge in [-0.3, -0.25) is 9.59 Å². The van der Waals surface area contributed by atoms with Gasteiger partial charge in [-0.2, -0.15) is 0 Å². The van der Waals surface area contributed by atoms with Crippen molar-refractivity contribution in [2.45, 2.75) is 39.0 Å². The van der Waals surface area contributed by atoms with E-state index in [9.17, 15) is 9.59 Å². The summed E-state index contributed by atoms with van der Waals surface area (Å²) in [5.41, 5.74) is 2.55. The second-order valence-electron chi connectivity index (χ2n) is 8.60. The molecule has 1 aromatic carbocycles. The number of Topliss-reactive ketones (excluding diaryl/α,β-unsaturated/α-hetero) is 1. The Morgan fingerprint density at radius 1 is 1.07 bits per heavy atom. The molecule has 4 rings (SSSR count). The zero-order valence-corrected chi connectivity index (χ0v) is 16.9. The van der Waals surface area contributed by atoms with Crippen molar-refractivity contribution < 1.29 is 19.1 Å². The molecule has 1 amide bonds. The molecule has 2 aliphatic heterocycles. The summed E-state index contributed by atoms with van der Waals surface area (Å²) in [6.45, 7) is 6.76. The highest BCUT2D eigenvalue weighted by Crippen LogP contribution is 2.47. The highest BCUT2D eigenvalue weighted by atomic mass is 16.5. The second kappa shape index (κ2) is 7.33. The average Bonchev–Trinajstić information content (AvgIpc) is 2.67. The van der Waals surface area contributed by atoms with Crippen LogP contribution in [-0.2, 0) is 14.3 Å². The van der Waals surface area contributed by atoms with Crippen molar-refractivity contribution in [2.75, 3.05) is 33.4 Å². The van der Waals surface area contributed by atoms with Gasteiger partial charge in [0.15, 0.2) is 5.78 Å². The first-order valence-electron chi connectivity index (χ1n) is 9.95. The van der Waals surface area contributed by atoms with Crippen molar-refractivity contribution in [3.05, 3.63) is 41.1 Å². The van der Waals surface area contributed by atoms with Crippen LogP contribution in [0.3, 0.4) is 0 Å². The second-order valence-corrected chi connectivity index (χ2v) is 8.60. The van der Waals surface area contributed by atoms with Gasteiger partial charge >= 0.3 is 0 Å². The maximum absolute atomic E-state index is 13.2. The summed E-state index contributed by atoms with van der Waals surface area (Å²) in [5.74, 6) is 0.810. The number of allylic oxidation sites excluding steroid dienone is 2. The minimum Gasteiger partial charge on any atom is -0.497 e. The summed E-state index contributed by atoms with van der Waals surface area (Å²) < 4.78 is 10.7. The Kier molecular flexibility index (Phi) is 5.02. The molecule has 0 radical (unpaired) electrons. The van der Waals surface area contributed by atoms with Crippen molar-refractivity contribution in [2.24, 2.45) is 5.41 Å². The molecular formula is C22H28N2O4. The number of hydrogen-bond donors (Lipinski definition) is 0. The van der Waals surface area contributed by atoms with E-state index >= 15 is 0 Å². The minimum atomic E-state index is -0.186. The molecule has 1 aromatic rings. The van der Waals surface area contributed by atoms with Crippen LogP contribution in [0.15, 0.2) is 35.5 Å². The maximum Gasteiger partial charge on any atom is 0.242 e. The number of nitrogens with zero attached hydrogens (tertiary/aromatic N) is 2. The molecule has 150 valence electrons. The number of carbonyl (C=O) groups is 2. The molecule has 1 fully saturated rings. The van der Waals surface area contributed by atoms with Gasteiger partial charge in [0, 0.05) is 43.1 Å². The van der Waals surface area contributed by atoms with Crippen molar-refractivity contribution >= 4 is 11.7 Å². The van der Waals surface area contributed by atoms with E-state index in [-0.39, 0.29) is 23.0 Å². The van der Waals surface area contributed by atoms with Crippen LogP contribution in [0.25, 0.3) is 0 Å². The third-order valence-electron chi connectivity index (χ3n) is 5.90. The molecule has 28 heavy (non-hydrogen) atoms. The Labute approximate surface area is 166 Å². The normalized spacial score (nSPS) is 25.7. The van der Waals surface area contributed by atoms with Crippen LogP contribution in [0.4, 0.5) is 0 Å². The molecule has 0 N–H and O–H groups in total. The standard InChI is InChI=1S/C22H28N2O4/c1-22(2)13-18-21(19(25)14-22)17(15-4-6-16(27-3)7-5-15)12-20(26)24(18)23-8-10-28-11-9-23/h4-7,17H,8-14H2,1-3H3. The van der Waals surface area contributed by atoms with Crippen LogP contribution in [0.1, 0.15) is 44.6 Å². The summed E-state index contributed by atoms with van der Waals surface area (Å²) in [6, 6.07) is 7.73. The minimum absolute atomic E-state index is 0.0620. The fraction of sp³-hybridized carbons (Fsp3) is 0.545. The smallest absolute Gasteiger partial charge is 0.242 e. The van der Waals surface area contributed by atoms with Gasteiger partial charge in [0.25, 0.3) is 0 Å². The van der Waals surface area contributed by atoms with E-state index in [4.69, 9.17) is 9.47 Å². The van der Waals surface area contributed by atoms with Crippen LogP contribution in [0.5, 0.6) is 5.75 Å². The van der Waals surface area contributed by atoms with E-state index < -0.39 is 0 Å². The average molecular weight is 384 g/mol. The first-order chi connectivity index (χ1) is 13.4. The van der Waals surface area contributed by atoms with Gasteiger partial charge in [0.2, 0.25) is 5.91 Å². The number of benzene rings is 1. The number of hydrogen-bond acceptors (Lipinski definition) is 5. The number of morpholine rings is 1. The fourth-order valence-electron chi connectivity index (χ4n) is 4.60. The SMILES string of the molecule is COc1ccc(C2CC(=O)N(N3CCOCC3)C3=C2C(=O)CC(C)(C)C3)cc1. The summed E-state index contributed by atoms with van der Waals surface area (Å²) in [7, 11) is 1.63. The van der Waals surface area contributed by atoms with Crippen molar-refractivity contribution in [1.29, 1.82) is 0 Å². The van der Waals surface area contributed by atoms with E-state index in [1.54, 1.807) is 12.1 Å². The van der Waals surface area contributed by atoms with Crippen LogP contribution in [0.2, 0.25) is 0 Å². The highest BCUT2D eigenvalue weighted by Gasteiger charge is 2.45. The number of ketones is 1. The van der Waals surface area contributed by atoms with Gasteiger partial charge in [0.1, 0.15) is 5.75 Å². The molecule has 1 saturated heterocycles. The van der Waals surface area contributed by atoms with Gasteiger partial charge in [-0.05, 0) is 29.5 Å². The number of amides is 1. The van der Waals surface area contributed by atoms with Gasteiger partial charge in [-0.15, -0.1) is 0 Å². The number of carbonyl (C=O) groups excluding carboxylic acids is 2. The molecule has 1 unspecified atom stereocenters. The number of methoxy groups -OCH3 is 1. The zero-order valence-electron chi connectivity index (χ0n) is 16.9. The van der Waals surface area contributed by atoms with Crippen molar-refractivity contribution in [1.82, 2.24) is 10.0 Å². The topological polar surface area (TPSA) is 59.1 Å². The third-order valence-corrected chi connectivity index (χ3v) is 5.90. The molecule has 0 spiro atoms. The quantitative estimate of drug-likeness (QED) is 0.802. The third kappa shape index (κ3) is 3.47. The Bertz CT molecular complexity index is 806. The number of ether oxygens (including phenoxy) is 2. The maximum atomic E-state index is 13.2. The van der Waals surface area contributed by atoms with E-state index in [0.717, 1.165) is 29.0 Å². The molecule has 6 heteroatoms. The van der Waals surface area contributed by atoms with Crippen LogP contribution in [-0.4, -0.2) is 55.1 Å². The first kappa shape index (κ1) is 19.2. The molecule has 6 nitrogen and oxygen atoms in total. The van der Waals surface area contributed by atoms with Gasteiger partial charge in [-0.1, -0.05) is 26.0 Å². The Hall–Kier alpha value is -2.18. The first-order valence-corrected chi connectivity index (χ1v) is 9.95. The Balaban J connectivity index is 1.78. The monoisotopic (exact) mass is 384 g/mol. The predicted molar refractivity (Wildman–Crippen MR) is 105 cm³/mol. The van der Waals surface area contributed by atoms with Gasteiger partial charge < -0.3 is 9.47 Å². The molecule has 1 aliphatic carbocycles. The highest BCUT2D eigenvalue weighted by molar-refractivity contribution is 6.02. The lowest BCUT2D eigenvalue weighted by molar-refractivity contribution is -0.154. The number of hydrazine groups is 1. The Morgan fingerprint density at radius 2 is 1.75 bits per heavy atom. The largest absolute Gasteiger partial charge is 0.497 e. The molecule has 0 aromatic heterocycles. The molecular weight excluding hydrogens is 356 g/mol. The summed E-state index contributed by atoms with van der Waals surface area (Å²) in [5, 5.41) is 3.86.